The first kappa shape index (κ1) is 22.0. The highest BCUT2D eigenvalue weighted by Crippen LogP contribution is 2.33. The van der Waals surface area contributed by atoms with Gasteiger partial charge >= 0.3 is 0 Å². The molecule has 0 spiro atoms. The van der Waals surface area contributed by atoms with E-state index >= 15 is 0 Å². The van der Waals surface area contributed by atoms with E-state index in [4.69, 9.17) is 16.2 Å². The van der Waals surface area contributed by atoms with Crippen LogP contribution in [0.5, 0.6) is 5.75 Å². The summed E-state index contributed by atoms with van der Waals surface area (Å²) in [6.45, 7) is 7.55. The number of rotatable bonds is 9. The molecule has 2 aromatic heterocycles. The molecular weight excluding hydrogens is 400 g/mol. The third kappa shape index (κ3) is 4.39. The number of primary amides is 1. The molecule has 0 fully saturated rings. The molecule has 4 N–H and O–H groups in total. The number of thiazole rings is 1. The fourth-order valence-electron chi connectivity index (χ4n) is 3.36. The molecule has 0 bridgehead atoms. The second kappa shape index (κ2) is 9.40. The number of carbonyl (C=O) groups excluding carboxylic acids is 1. The van der Waals surface area contributed by atoms with Gasteiger partial charge in [-0.1, -0.05) is 33.3 Å². The maximum Gasteiger partial charge on any atom is 0.268 e. The van der Waals surface area contributed by atoms with Crippen LogP contribution in [0, 0.1) is 5.92 Å². The number of aromatic nitrogens is 2. The van der Waals surface area contributed by atoms with Crippen LogP contribution in [-0.4, -0.2) is 22.1 Å². The lowest BCUT2D eigenvalue weighted by molar-refractivity contribution is 0.0996. The van der Waals surface area contributed by atoms with Crippen molar-refractivity contribution in [3.05, 3.63) is 45.3 Å². The highest BCUT2D eigenvalue weighted by Gasteiger charge is 2.19. The van der Waals surface area contributed by atoms with E-state index < -0.39 is 5.91 Å². The van der Waals surface area contributed by atoms with Gasteiger partial charge in [-0.15, -0.1) is 11.3 Å². The average Bonchev–Trinajstić information content (AvgIpc) is 3.21. The Kier molecular flexibility index (Phi) is 6.89. The molecule has 0 aliphatic carbocycles. The van der Waals surface area contributed by atoms with Gasteiger partial charge in [-0.05, 0) is 24.5 Å². The smallest absolute Gasteiger partial charge is 0.268 e. The van der Waals surface area contributed by atoms with Gasteiger partial charge in [0.15, 0.2) is 0 Å². The molecule has 0 unspecified atom stereocenters. The van der Waals surface area contributed by atoms with Crippen LogP contribution in [0.3, 0.4) is 0 Å². The van der Waals surface area contributed by atoms with Crippen molar-refractivity contribution in [2.24, 2.45) is 17.4 Å². The Morgan fingerprint density at radius 2 is 2.07 bits per heavy atom. The second-order valence-electron chi connectivity index (χ2n) is 7.65. The van der Waals surface area contributed by atoms with Gasteiger partial charge in [-0.3, -0.25) is 9.59 Å². The molecule has 2 heterocycles. The fraction of sp³-hybridized carbons (Fsp3) is 0.409. The Morgan fingerprint density at radius 1 is 1.30 bits per heavy atom. The van der Waals surface area contributed by atoms with Crippen molar-refractivity contribution in [1.82, 2.24) is 9.55 Å². The molecule has 1 amide bonds. The zero-order chi connectivity index (χ0) is 21.8. The zero-order valence-electron chi connectivity index (χ0n) is 17.6. The zero-order valence-corrected chi connectivity index (χ0v) is 18.4. The highest BCUT2D eigenvalue weighted by molar-refractivity contribution is 7.13. The first-order chi connectivity index (χ1) is 14.4. The average molecular weight is 429 g/mol. The molecule has 160 valence electrons. The summed E-state index contributed by atoms with van der Waals surface area (Å²) >= 11 is 1.33. The quantitative estimate of drug-likeness (QED) is 0.506. The highest BCUT2D eigenvalue weighted by atomic mass is 32.1. The van der Waals surface area contributed by atoms with Gasteiger partial charge in [0.05, 0.1) is 17.7 Å². The van der Waals surface area contributed by atoms with Gasteiger partial charge in [0.25, 0.3) is 11.5 Å². The first-order valence-electron chi connectivity index (χ1n) is 10.1. The van der Waals surface area contributed by atoms with Crippen molar-refractivity contribution < 1.29 is 9.53 Å². The van der Waals surface area contributed by atoms with Crippen molar-refractivity contribution >= 4 is 28.0 Å². The van der Waals surface area contributed by atoms with Crippen LogP contribution in [0.25, 0.3) is 21.3 Å². The van der Waals surface area contributed by atoms with Crippen molar-refractivity contribution in [2.75, 3.05) is 6.61 Å². The summed E-state index contributed by atoms with van der Waals surface area (Å²) < 4.78 is 7.90. The van der Waals surface area contributed by atoms with Crippen LogP contribution >= 0.6 is 11.3 Å². The number of benzene rings is 1. The number of ether oxygens (including phenoxy) is 1. The molecule has 30 heavy (non-hydrogen) atoms. The minimum Gasteiger partial charge on any atom is -0.491 e. The number of hydrogen-bond donors (Lipinski definition) is 2. The van der Waals surface area contributed by atoms with Crippen molar-refractivity contribution in [1.29, 1.82) is 0 Å². The maximum absolute atomic E-state index is 13.2. The first-order valence-corrected chi connectivity index (χ1v) is 11.0. The van der Waals surface area contributed by atoms with E-state index in [1.807, 2.05) is 12.1 Å². The van der Waals surface area contributed by atoms with E-state index in [1.165, 1.54) is 11.3 Å². The Hall–Kier alpha value is -2.71. The van der Waals surface area contributed by atoms with E-state index in [2.05, 4.69) is 25.8 Å². The molecule has 0 saturated heterocycles. The van der Waals surface area contributed by atoms with Gasteiger partial charge in [-0.2, -0.15) is 0 Å². The molecule has 1 aromatic carbocycles. The van der Waals surface area contributed by atoms with E-state index in [-0.39, 0.29) is 23.7 Å². The molecule has 0 saturated carbocycles. The van der Waals surface area contributed by atoms with Gasteiger partial charge < -0.3 is 20.8 Å². The van der Waals surface area contributed by atoms with Crippen LogP contribution < -0.4 is 21.8 Å². The van der Waals surface area contributed by atoms with Crippen LogP contribution in [0.4, 0.5) is 0 Å². The normalized spacial score (nSPS) is 11.4. The third-order valence-corrected chi connectivity index (χ3v) is 5.71. The Balaban J connectivity index is 2.23. The SMILES string of the molecule is CCCCOc1c(CN)n(CC(C)C)c(=O)c2ccc(-c3nc(C(N)=O)cs3)cc12. The summed E-state index contributed by atoms with van der Waals surface area (Å²) in [4.78, 5) is 29.0. The summed E-state index contributed by atoms with van der Waals surface area (Å²) in [5.41, 5.74) is 13.0. The summed E-state index contributed by atoms with van der Waals surface area (Å²) in [5.74, 6) is 0.370. The van der Waals surface area contributed by atoms with Crippen molar-refractivity contribution in [3.63, 3.8) is 0 Å². The predicted octanol–water partition coefficient (Wildman–Crippen LogP) is 3.52. The number of carbonyl (C=O) groups is 1. The molecule has 0 aliphatic rings. The van der Waals surface area contributed by atoms with Crippen LogP contribution in [0.1, 0.15) is 49.8 Å². The topological polar surface area (TPSA) is 113 Å². The number of hydrogen-bond acceptors (Lipinski definition) is 6. The molecule has 8 heteroatoms. The van der Waals surface area contributed by atoms with Crippen LogP contribution in [0.2, 0.25) is 0 Å². The van der Waals surface area contributed by atoms with E-state index in [9.17, 15) is 9.59 Å². The third-order valence-electron chi connectivity index (χ3n) is 4.82. The monoisotopic (exact) mass is 428 g/mol. The van der Waals surface area contributed by atoms with Crippen LogP contribution in [0.15, 0.2) is 28.4 Å². The van der Waals surface area contributed by atoms with Gasteiger partial charge in [-0.25, -0.2) is 4.98 Å². The minimum atomic E-state index is -0.566. The standard InChI is InChI=1S/C22H28N4O3S/c1-4-5-8-29-19-16-9-14(21-25-17(12-30-21)20(24)27)6-7-15(16)22(28)26(11-13(2)3)18(19)10-23/h6-7,9,12-13H,4-5,8,10-11,23H2,1-3H3,(H2,24,27). The lowest BCUT2D eigenvalue weighted by atomic mass is 10.1. The summed E-state index contributed by atoms with van der Waals surface area (Å²) in [7, 11) is 0. The number of unbranched alkanes of at least 4 members (excludes halogenated alkanes) is 1. The van der Waals surface area contributed by atoms with Crippen LogP contribution in [-0.2, 0) is 13.1 Å². The lowest BCUT2D eigenvalue weighted by Crippen LogP contribution is -2.28. The number of nitrogens with two attached hydrogens (primary N) is 2. The Morgan fingerprint density at radius 3 is 2.67 bits per heavy atom. The Labute approximate surface area is 179 Å². The Bertz CT molecular complexity index is 1120. The number of pyridine rings is 1. The molecule has 0 aliphatic heterocycles. The maximum atomic E-state index is 13.2. The molecule has 3 aromatic rings. The number of fused-ring (bicyclic) bond motifs is 1. The van der Waals surface area contributed by atoms with Gasteiger partial charge in [0.1, 0.15) is 16.5 Å². The molecule has 3 rings (SSSR count). The van der Waals surface area contributed by atoms with Crippen molar-refractivity contribution in [2.45, 2.75) is 46.7 Å². The van der Waals surface area contributed by atoms with E-state index in [0.29, 0.717) is 40.4 Å². The van der Waals surface area contributed by atoms with Gasteiger partial charge in [0.2, 0.25) is 0 Å². The molecule has 0 radical (unpaired) electrons. The summed E-state index contributed by atoms with van der Waals surface area (Å²) in [6.07, 6.45) is 1.91. The molecule has 0 atom stereocenters. The summed E-state index contributed by atoms with van der Waals surface area (Å²) in [6, 6.07) is 5.52. The lowest BCUT2D eigenvalue weighted by Gasteiger charge is -2.20. The van der Waals surface area contributed by atoms with Gasteiger partial charge in [0, 0.05) is 29.4 Å². The van der Waals surface area contributed by atoms with E-state index in [1.54, 1.807) is 16.0 Å². The minimum absolute atomic E-state index is 0.0782. The summed E-state index contributed by atoms with van der Waals surface area (Å²) in [5, 5.41) is 3.58. The molecular formula is C22H28N4O3S. The second-order valence-corrected chi connectivity index (χ2v) is 8.51. The van der Waals surface area contributed by atoms with Crippen molar-refractivity contribution in [3.8, 4) is 16.3 Å². The molecule has 7 nitrogen and oxygen atoms in total. The fourth-order valence-corrected chi connectivity index (χ4v) is 4.16. The predicted molar refractivity (Wildman–Crippen MR) is 121 cm³/mol. The largest absolute Gasteiger partial charge is 0.491 e. The van der Waals surface area contributed by atoms with E-state index in [0.717, 1.165) is 18.4 Å². The number of amides is 1. The number of nitrogens with zero attached hydrogens (tertiary/aromatic N) is 2.